The summed E-state index contributed by atoms with van der Waals surface area (Å²) in [6, 6.07) is 12.5. The van der Waals surface area contributed by atoms with Gasteiger partial charge in [0.25, 0.3) is 0 Å². The van der Waals surface area contributed by atoms with Gasteiger partial charge >= 0.3 is 0 Å². The van der Waals surface area contributed by atoms with Gasteiger partial charge in [0, 0.05) is 18.2 Å². The molecule has 5 nitrogen and oxygen atoms in total. The van der Waals surface area contributed by atoms with Gasteiger partial charge < -0.3 is 14.8 Å². The second kappa shape index (κ2) is 8.23. The standard InChI is InChI=1S/C23H28N2O3/c1-16-6-8-19(13-17(16)2)24-23(26)15-25-10-3-5-20(25)18-7-9-21-22(14-18)28-12-4-11-27-21/h6-9,13-14,20H,3-5,10-12,15H2,1-2H3,(H,24,26). The van der Waals surface area contributed by atoms with Gasteiger partial charge in [0.2, 0.25) is 5.91 Å². The number of aryl methyl sites for hydroxylation is 2. The average Bonchev–Trinajstić information content (AvgIpc) is 3.00. The Morgan fingerprint density at radius 2 is 1.86 bits per heavy atom. The number of rotatable bonds is 4. The van der Waals surface area contributed by atoms with Crippen molar-refractivity contribution in [1.29, 1.82) is 0 Å². The summed E-state index contributed by atoms with van der Waals surface area (Å²) in [6.07, 6.45) is 3.05. The van der Waals surface area contributed by atoms with Gasteiger partial charge in [-0.3, -0.25) is 9.69 Å². The molecule has 0 aliphatic carbocycles. The smallest absolute Gasteiger partial charge is 0.238 e. The van der Waals surface area contributed by atoms with Crippen molar-refractivity contribution in [3.8, 4) is 11.5 Å². The third-order valence-electron chi connectivity index (χ3n) is 5.66. The molecule has 1 amide bonds. The maximum absolute atomic E-state index is 12.6. The first-order chi connectivity index (χ1) is 13.6. The number of anilines is 1. The first-order valence-corrected chi connectivity index (χ1v) is 10.1. The Labute approximate surface area is 166 Å². The number of carbonyl (C=O) groups excluding carboxylic acids is 1. The first-order valence-electron chi connectivity index (χ1n) is 10.1. The molecule has 0 saturated carbocycles. The molecule has 2 aliphatic heterocycles. The summed E-state index contributed by atoms with van der Waals surface area (Å²) in [7, 11) is 0. The molecular weight excluding hydrogens is 352 g/mol. The lowest BCUT2D eigenvalue weighted by molar-refractivity contribution is -0.117. The third kappa shape index (κ3) is 4.14. The lowest BCUT2D eigenvalue weighted by Crippen LogP contribution is -2.33. The molecule has 5 heteroatoms. The minimum Gasteiger partial charge on any atom is -0.490 e. The molecule has 0 bridgehead atoms. The first kappa shape index (κ1) is 18.8. The highest BCUT2D eigenvalue weighted by molar-refractivity contribution is 5.92. The summed E-state index contributed by atoms with van der Waals surface area (Å²) >= 11 is 0. The zero-order valence-electron chi connectivity index (χ0n) is 16.7. The van der Waals surface area contributed by atoms with Crippen molar-refractivity contribution in [3.63, 3.8) is 0 Å². The maximum Gasteiger partial charge on any atom is 0.238 e. The summed E-state index contributed by atoms with van der Waals surface area (Å²) in [5.74, 6) is 1.67. The largest absolute Gasteiger partial charge is 0.490 e. The predicted molar refractivity (Wildman–Crippen MR) is 110 cm³/mol. The topological polar surface area (TPSA) is 50.8 Å². The van der Waals surface area contributed by atoms with E-state index in [-0.39, 0.29) is 11.9 Å². The molecule has 2 aromatic rings. The zero-order valence-corrected chi connectivity index (χ0v) is 16.7. The number of carbonyl (C=O) groups is 1. The number of benzene rings is 2. The molecule has 0 spiro atoms. The van der Waals surface area contributed by atoms with Crippen molar-refractivity contribution in [1.82, 2.24) is 4.90 Å². The molecule has 0 radical (unpaired) electrons. The Morgan fingerprint density at radius 1 is 1.04 bits per heavy atom. The van der Waals surface area contributed by atoms with Crippen LogP contribution >= 0.6 is 0 Å². The maximum atomic E-state index is 12.6. The highest BCUT2D eigenvalue weighted by atomic mass is 16.5. The normalized spacial score (nSPS) is 19.3. The molecule has 2 aliphatic rings. The number of hydrogen-bond acceptors (Lipinski definition) is 4. The molecule has 2 aromatic carbocycles. The number of likely N-dealkylation sites (tertiary alicyclic amines) is 1. The van der Waals surface area contributed by atoms with Crippen LogP contribution in [0, 0.1) is 13.8 Å². The fourth-order valence-corrected chi connectivity index (χ4v) is 3.98. The van der Waals surface area contributed by atoms with Crippen LogP contribution in [0.5, 0.6) is 11.5 Å². The number of hydrogen-bond donors (Lipinski definition) is 1. The minimum atomic E-state index is 0.0319. The Hall–Kier alpha value is -2.53. The summed E-state index contributed by atoms with van der Waals surface area (Å²) in [5.41, 5.74) is 4.47. The van der Waals surface area contributed by atoms with Crippen LogP contribution < -0.4 is 14.8 Å². The van der Waals surface area contributed by atoms with Crippen molar-refractivity contribution in [2.75, 3.05) is 31.6 Å². The number of nitrogens with zero attached hydrogens (tertiary/aromatic N) is 1. The van der Waals surface area contributed by atoms with Crippen molar-refractivity contribution in [2.45, 2.75) is 39.2 Å². The average molecular weight is 380 g/mol. The summed E-state index contributed by atoms with van der Waals surface area (Å²) in [5, 5.41) is 3.04. The second-order valence-electron chi connectivity index (χ2n) is 7.73. The highest BCUT2D eigenvalue weighted by Crippen LogP contribution is 2.37. The van der Waals surface area contributed by atoms with Crippen LogP contribution in [0.3, 0.4) is 0 Å². The molecule has 1 fully saturated rings. The fourth-order valence-electron chi connectivity index (χ4n) is 3.98. The van der Waals surface area contributed by atoms with E-state index in [0.717, 1.165) is 43.0 Å². The van der Waals surface area contributed by atoms with E-state index in [1.54, 1.807) is 0 Å². The SMILES string of the molecule is Cc1ccc(NC(=O)CN2CCCC2c2ccc3c(c2)OCCCO3)cc1C. The molecule has 2 heterocycles. The highest BCUT2D eigenvalue weighted by Gasteiger charge is 2.28. The van der Waals surface area contributed by atoms with E-state index in [1.165, 1.54) is 16.7 Å². The van der Waals surface area contributed by atoms with Crippen LogP contribution in [0.4, 0.5) is 5.69 Å². The van der Waals surface area contributed by atoms with Gasteiger partial charge in [-0.25, -0.2) is 0 Å². The number of ether oxygens (including phenoxy) is 2. The van der Waals surface area contributed by atoms with E-state index < -0.39 is 0 Å². The van der Waals surface area contributed by atoms with Gasteiger partial charge in [0.15, 0.2) is 11.5 Å². The second-order valence-corrected chi connectivity index (χ2v) is 7.73. The molecule has 4 rings (SSSR count). The number of amides is 1. The lowest BCUT2D eigenvalue weighted by atomic mass is 10.0. The van der Waals surface area contributed by atoms with E-state index in [4.69, 9.17) is 9.47 Å². The Bertz CT molecular complexity index is 865. The van der Waals surface area contributed by atoms with Crippen LogP contribution in [0.1, 0.15) is 42.0 Å². The van der Waals surface area contributed by atoms with Crippen molar-refractivity contribution in [3.05, 3.63) is 53.1 Å². The van der Waals surface area contributed by atoms with E-state index in [1.807, 2.05) is 24.3 Å². The fraction of sp³-hybridized carbons (Fsp3) is 0.435. The van der Waals surface area contributed by atoms with Crippen LogP contribution in [0.15, 0.2) is 36.4 Å². The van der Waals surface area contributed by atoms with Gasteiger partial charge in [-0.1, -0.05) is 12.1 Å². The van der Waals surface area contributed by atoms with E-state index in [0.29, 0.717) is 19.8 Å². The number of nitrogens with one attached hydrogen (secondary N) is 1. The van der Waals surface area contributed by atoms with Crippen molar-refractivity contribution in [2.24, 2.45) is 0 Å². The third-order valence-corrected chi connectivity index (χ3v) is 5.66. The molecule has 148 valence electrons. The number of fused-ring (bicyclic) bond motifs is 1. The zero-order chi connectivity index (χ0) is 19.5. The van der Waals surface area contributed by atoms with E-state index >= 15 is 0 Å². The molecular formula is C23H28N2O3. The lowest BCUT2D eigenvalue weighted by Gasteiger charge is -2.25. The van der Waals surface area contributed by atoms with Crippen LogP contribution in [-0.2, 0) is 4.79 Å². The Kier molecular flexibility index (Phi) is 5.53. The van der Waals surface area contributed by atoms with Crippen molar-refractivity contribution < 1.29 is 14.3 Å². The molecule has 1 unspecified atom stereocenters. The Morgan fingerprint density at radius 3 is 2.68 bits per heavy atom. The summed E-state index contributed by atoms with van der Waals surface area (Å²) in [4.78, 5) is 14.9. The van der Waals surface area contributed by atoms with Gasteiger partial charge in [-0.2, -0.15) is 0 Å². The van der Waals surface area contributed by atoms with Gasteiger partial charge in [0.1, 0.15) is 0 Å². The molecule has 1 saturated heterocycles. The van der Waals surface area contributed by atoms with Crippen LogP contribution in [0.2, 0.25) is 0 Å². The predicted octanol–water partition coefficient (Wildman–Crippen LogP) is 4.24. The van der Waals surface area contributed by atoms with Crippen molar-refractivity contribution >= 4 is 11.6 Å². The summed E-state index contributed by atoms with van der Waals surface area (Å²) < 4.78 is 11.6. The van der Waals surface area contributed by atoms with Crippen LogP contribution in [0.25, 0.3) is 0 Å². The van der Waals surface area contributed by atoms with Gasteiger partial charge in [0.05, 0.1) is 19.8 Å². The van der Waals surface area contributed by atoms with Crippen LogP contribution in [-0.4, -0.2) is 37.1 Å². The van der Waals surface area contributed by atoms with Gasteiger partial charge in [-0.05, 0) is 74.2 Å². The summed E-state index contributed by atoms with van der Waals surface area (Å²) in [6.45, 7) is 6.84. The minimum absolute atomic E-state index is 0.0319. The van der Waals surface area contributed by atoms with Gasteiger partial charge in [-0.15, -0.1) is 0 Å². The Balaban J connectivity index is 1.44. The molecule has 1 atom stereocenters. The quantitative estimate of drug-likeness (QED) is 0.862. The molecule has 28 heavy (non-hydrogen) atoms. The molecule has 0 aromatic heterocycles. The van der Waals surface area contributed by atoms with E-state index in [2.05, 4.69) is 36.2 Å². The molecule has 1 N–H and O–H groups in total. The van der Waals surface area contributed by atoms with E-state index in [9.17, 15) is 4.79 Å². The monoisotopic (exact) mass is 380 g/mol.